The summed E-state index contributed by atoms with van der Waals surface area (Å²) < 4.78 is 26.7. The van der Waals surface area contributed by atoms with Gasteiger partial charge in [-0.15, -0.1) is 0 Å². The van der Waals surface area contributed by atoms with E-state index in [1.807, 2.05) is 13.8 Å². The molecule has 1 aromatic carbocycles. The van der Waals surface area contributed by atoms with Crippen LogP contribution < -0.4 is 5.32 Å². The fourth-order valence-corrected chi connectivity index (χ4v) is 1.93. The Balaban J connectivity index is 3.06. The van der Waals surface area contributed by atoms with Gasteiger partial charge in [0.15, 0.2) is 5.82 Å². The molecule has 7 heteroatoms. The van der Waals surface area contributed by atoms with Crippen LogP contribution in [0.2, 0.25) is 0 Å². The average molecular weight is 288 g/mol. The Morgan fingerprint density at radius 3 is 2.40 bits per heavy atom. The van der Waals surface area contributed by atoms with Crippen LogP contribution in [0.4, 0.5) is 20.2 Å². The summed E-state index contributed by atoms with van der Waals surface area (Å²) in [6.45, 7) is 3.79. The van der Waals surface area contributed by atoms with Gasteiger partial charge >= 0.3 is 0 Å². The Kier molecular flexibility index (Phi) is 5.38. The van der Waals surface area contributed by atoms with Crippen LogP contribution in [0.25, 0.3) is 0 Å². The molecule has 0 radical (unpaired) electrons. The van der Waals surface area contributed by atoms with E-state index < -0.39 is 27.7 Å². The zero-order valence-corrected chi connectivity index (χ0v) is 11.4. The number of nitro benzene ring substituents is 1. The van der Waals surface area contributed by atoms with Crippen molar-refractivity contribution >= 4 is 11.4 Å². The number of aliphatic hydroxyl groups excluding tert-OH is 1. The zero-order chi connectivity index (χ0) is 15.3. The minimum Gasteiger partial charge on any atom is -0.396 e. The summed E-state index contributed by atoms with van der Waals surface area (Å²) >= 11 is 0. The molecule has 20 heavy (non-hydrogen) atoms. The number of nitrogens with one attached hydrogen (secondary N) is 1. The van der Waals surface area contributed by atoms with E-state index in [1.165, 1.54) is 0 Å². The molecule has 0 aliphatic heterocycles. The van der Waals surface area contributed by atoms with E-state index in [1.54, 1.807) is 0 Å². The maximum absolute atomic E-state index is 13.7. The molecule has 2 N–H and O–H groups in total. The van der Waals surface area contributed by atoms with Crippen LogP contribution in [0.5, 0.6) is 0 Å². The molecule has 0 unspecified atom stereocenters. The van der Waals surface area contributed by atoms with Crippen molar-refractivity contribution in [3.8, 4) is 0 Å². The van der Waals surface area contributed by atoms with Crippen molar-refractivity contribution in [2.45, 2.75) is 26.7 Å². The second kappa shape index (κ2) is 6.60. The smallest absolute Gasteiger partial charge is 0.298 e. The summed E-state index contributed by atoms with van der Waals surface area (Å²) in [5.74, 6) is -2.02. The lowest BCUT2D eigenvalue weighted by molar-refractivity contribution is -0.384. The highest BCUT2D eigenvalue weighted by Gasteiger charge is 2.28. The van der Waals surface area contributed by atoms with E-state index in [4.69, 9.17) is 0 Å². The van der Waals surface area contributed by atoms with Crippen LogP contribution in [0.1, 0.15) is 26.7 Å². The number of hydrogen-bond donors (Lipinski definition) is 2. The third kappa shape index (κ3) is 3.41. The first-order valence-electron chi connectivity index (χ1n) is 6.37. The fourth-order valence-electron chi connectivity index (χ4n) is 1.93. The predicted octanol–water partition coefficient (Wildman–Crippen LogP) is 3.08. The van der Waals surface area contributed by atoms with Gasteiger partial charge in [-0.25, -0.2) is 8.78 Å². The van der Waals surface area contributed by atoms with Crippen LogP contribution >= 0.6 is 0 Å². The van der Waals surface area contributed by atoms with Crippen molar-refractivity contribution < 1.29 is 18.8 Å². The number of anilines is 1. The van der Waals surface area contributed by atoms with E-state index in [0.717, 1.165) is 0 Å². The van der Waals surface area contributed by atoms with Gasteiger partial charge in [0.1, 0.15) is 11.5 Å². The molecule has 1 aromatic rings. The lowest BCUT2D eigenvalue weighted by Gasteiger charge is -2.29. The maximum atomic E-state index is 13.7. The molecule has 0 spiro atoms. The molecule has 0 heterocycles. The normalized spacial score (nSPS) is 11.4. The highest BCUT2D eigenvalue weighted by Crippen LogP contribution is 2.32. The van der Waals surface area contributed by atoms with Crippen molar-refractivity contribution in [1.29, 1.82) is 0 Å². The lowest BCUT2D eigenvalue weighted by atomic mass is 9.83. The number of benzene rings is 1. The summed E-state index contributed by atoms with van der Waals surface area (Å²) in [6.07, 6.45) is 1.26. The van der Waals surface area contributed by atoms with E-state index >= 15 is 0 Å². The Morgan fingerprint density at radius 1 is 1.35 bits per heavy atom. The Hall–Kier alpha value is -1.76. The van der Waals surface area contributed by atoms with Gasteiger partial charge in [0, 0.05) is 18.0 Å². The zero-order valence-electron chi connectivity index (χ0n) is 11.4. The molecular weight excluding hydrogens is 270 g/mol. The standard InChI is InChI=1S/C13H18F2N2O3/c1-3-13(4-2,8-18)7-16-12-10(15)5-9(14)6-11(12)17(19)20/h5-6,16,18H,3-4,7-8H2,1-2H3. The first-order chi connectivity index (χ1) is 9.39. The number of nitro groups is 1. The number of hydrogen-bond acceptors (Lipinski definition) is 4. The number of aliphatic hydroxyl groups is 1. The molecule has 0 bridgehead atoms. The highest BCUT2D eigenvalue weighted by molar-refractivity contribution is 5.62. The topological polar surface area (TPSA) is 75.4 Å². The van der Waals surface area contributed by atoms with Crippen molar-refractivity contribution in [2.24, 2.45) is 5.41 Å². The van der Waals surface area contributed by atoms with Gasteiger partial charge in [0.25, 0.3) is 5.69 Å². The van der Waals surface area contributed by atoms with Crippen LogP contribution in [0, 0.1) is 27.2 Å². The first kappa shape index (κ1) is 16.3. The second-order valence-electron chi connectivity index (χ2n) is 4.76. The van der Waals surface area contributed by atoms with Crippen molar-refractivity contribution in [2.75, 3.05) is 18.5 Å². The summed E-state index contributed by atoms with van der Waals surface area (Å²) in [7, 11) is 0. The molecule has 1 rings (SSSR count). The average Bonchev–Trinajstić information content (AvgIpc) is 2.41. The molecule has 0 amide bonds. The van der Waals surface area contributed by atoms with Gasteiger partial charge in [-0.05, 0) is 12.8 Å². The monoisotopic (exact) mass is 288 g/mol. The van der Waals surface area contributed by atoms with Crippen LogP contribution in [0.15, 0.2) is 12.1 Å². The minimum atomic E-state index is -1.02. The maximum Gasteiger partial charge on any atom is 0.298 e. The molecule has 0 fully saturated rings. The second-order valence-corrected chi connectivity index (χ2v) is 4.76. The third-order valence-electron chi connectivity index (χ3n) is 3.71. The first-order valence-corrected chi connectivity index (χ1v) is 6.37. The lowest BCUT2D eigenvalue weighted by Crippen LogP contribution is -2.32. The minimum absolute atomic E-state index is 0.121. The van der Waals surface area contributed by atoms with Crippen LogP contribution in [-0.4, -0.2) is 23.2 Å². The van der Waals surface area contributed by atoms with E-state index in [2.05, 4.69) is 5.32 Å². The fraction of sp³-hybridized carbons (Fsp3) is 0.538. The highest BCUT2D eigenvalue weighted by atomic mass is 19.1. The van der Waals surface area contributed by atoms with Gasteiger partial charge in [-0.3, -0.25) is 10.1 Å². The predicted molar refractivity (Wildman–Crippen MR) is 71.6 cm³/mol. The van der Waals surface area contributed by atoms with Gasteiger partial charge in [0.2, 0.25) is 0 Å². The largest absolute Gasteiger partial charge is 0.396 e. The Labute approximate surface area is 115 Å². The van der Waals surface area contributed by atoms with Crippen LogP contribution in [-0.2, 0) is 0 Å². The van der Waals surface area contributed by atoms with Gasteiger partial charge < -0.3 is 10.4 Å². The van der Waals surface area contributed by atoms with E-state index in [-0.39, 0.29) is 18.8 Å². The molecule has 5 nitrogen and oxygen atoms in total. The summed E-state index contributed by atoms with van der Waals surface area (Å²) in [6, 6.07) is 1.26. The third-order valence-corrected chi connectivity index (χ3v) is 3.71. The Bertz CT molecular complexity index is 482. The quantitative estimate of drug-likeness (QED) is 0.597. The summed E-state index contributed by atoms with van der Waals surface area (Å²) in [5.41, 5.74) is -1.49. The number of halogens is 2. The van der Waals surface area contributed by atoms with Gasteiger partial charge in [-0.1, -0.05) is 13.8 Å². The molecule has 0 aromatic heterocycles. The van der Waals surface area contributed by atoms with Crippen molar-refractivity contribution in [1.82, 2.24) is 0 Å². The molecule has 0 aliphatic rings. The van der Waals surface area contributed by atoms with Crippen molar-refractivity contribution in [3.63, 3.8) is 0 Å². The molecule has 0 atom stereocenters. The SMILES string of the molecule is CCC(CC)(CO)CNc1c(F)cc(F)cc1[N+](=O)[O-]. The number of rotatable bonds is 7. The van der Waals surface area contributed by atoms with Gasteiger partial charge in [0.05, 0.1) is 17.6 Å². The summed E-state index contributed by atoms with van der Waals surface area (Å²) in [5, 5.41) is 22.9. The van der Waals surface area contributed by atoms with Crippen LogP contribution in [0.3, 0.4) is 0 Å². The molecular formula is C13H18F2N2O3. The molecule has 0 saturated carbocycles. The van der Waals surface area contributed by atoms with E-state index in [9.17, 15) is 24.0 Å². The van der Waals surface area contributed by atoms with Gasteiger partial charge in [-0.2, -0.15) is 0 Å². The molecule has 0 aliphatic carbocycles. The Morgan fingerprint density at radius 2 is 1.95 bits per heavy atom. The molecule has 0 saturated heterocycles. The summed E-state index contributed by atoms with van der Waals surface area (Å²) in [4.78, 5) is 10.0. The van der Waals surface area contributed by atoms with Crippen molar-refractivity contribution in [3.05, 3.63) is 33.9 Å². The van der Waals surface area contributed by atoms with E-state index in [0.29, 0.717) is 25.0 Å². The molecule has 112 valence electrons. The number of nitrogens with zero attached hydrogens (tertiary/aromatic N) is 1.